The summed E-state index contributed by atoms with van der Waals surface area (Å²) in [5.41, 5.74) is 0. The molecule has 0 amide bonds. The molecule has 0 N–H and O–H groups in total. The summed E-state index contributed by atoms with van der Waals surface area (Å²) >= 11 is 1.45. The first kappa shape index (κ1) is 9.80. The molecule has 4 heteroatoms. The fraction of sp³-hybridized carbons (Fsp3) is 0.600. The molecule has 1 saturated heterocycles. The number of carbonyl (C=O) groups excluding carboxylic acids is 1. The highest BCUT2D eigenvalue weighted by Crippen LogP contribution is 2.34. The van der Waals surface area contributed by atoms with Crippen LogP contribution in [-0.2, 0) is 4.74 Å². The second-order valence-corrected chi connectivity index (χ2v) is 4.69. The summed E-state index contributed by atoms with van der Waals surface area (Å²) in [5.74, 6) is 0.0831. The quantitative estimate of drug-likeness (QED) is 0.706. The number of thiazole rings is 1. The highest BCUT2D eigenvalue weighted by molar-refractivity contribution is 7.13. The van der Waals surface area contributed by atoms with Crippen molar-refractivity contribution in [3.05, 3.63) is 16.1 Å². The summed E-state index contributed by atoms with van der Waals surface area (Å²) in [6, 6.07) is 0. The van der Waals surface area contributed by atoms with Crippen molar-refractivity contribution in [1.82, 2.24) is 4.98 Å². The molecule has 2 atom stereocenters. The van der Waals surface area contributed by atoms with E-state index in [4.69, 9.17) is 4.74 Å². The number of ether oxygens (including phenoxy) is 1. The molecule has 2 heterocycles. The highest BCUT2D eigenvalue weighted by atomic mass is 32.1. The monoisotopic (exact) mass is 211 g/mol. The molecule has 1 aromatic rings. The zero-order chi connectivity index (χ0) is 10.1. The van der Waals surface area contributed by atoms with Gasteiger partial charge in [0.25, 0.3) is 0 Å². The Balaban J connectivity index is 2.13. The Morgan fingerprint density at radius 1 is 1.64 bits per heavy atom. The van der Waals surface area contributed by atoms with Gasteiger partial charge in [-0.25, -0.2) is 4.98 Å². The van der Waals surface area contributed by atoms with Crippen molar-refractivity contribution in [2.75, 3.05) is 0 Å². The van der Waals surface area contributed by atoms with Crippen LogP contribution in [0.3, 0.4) is 0 Å². The van der Waals surface area contributed by atoms with E-state index in [9.17, 15) is 4.79 Å². The van der Waals surface area contributed by atoms with Crippen molar-refractivity contribution in [2.45, 2.75) is 38.9 Å². The number of hydrogen-bond donors (Lipinski definition) is 0. The van der Waals surface area contributed by atoms with Crippen molar-refractivity contribution in [1.29, 1.82) is 0 Å². The van der Waals surface area contributed by atoms with Crippen LogP contribution in [0.2, 0.25) is 0 Å². The van der Waals surface area contributed by atoms with Crippen LogP contribution >= 0.6 is 11.3 Å². The van der Waals surface area contributed by atoms with Gasteiger partial charge in [0.05, 0.1) is 11.0 Å². The third kappa shape index (κ3) is 1.86. The van der Waals surface area contributed by atoms with Gasteiger partial charge in [-0.3, -0.25) is 4.79 Å². The zero-order valence-corrected chi connectivity index (χ0v) is 9.13. The fourth-order valence-corrected chi connectivity index (χ4v) is 2.47. The predicted octanol–water partition coefficient (Wildman–Crippen LogP) is 2.59. The molecule has 0 aliphatic carbocycles. The average Bonchev–Trinajstić information content (AvgIpc) is 2.70. The molecule has 1 aliphatic heterocycles. The van der Waals surface area contributed by atoms with Gasteiger partial charge in [0, 0.05) is 13.1 Å². The lowest BCUT2D eigenvalue weighted by atomic mass is 10.2. The molecule has 2 rings (SSSR count). The van der Waals surface area contributed by atoms with E-state index in [2.05, 4.69) is 11.9 Å². The van der Waals surface area contributed by atoms with Gasteiger partial charge in [0.2, 0.25) is 0 Å². The van der Waals surface area contributed by atoms with Crippen LogP contribution < -0.4 is 0 Å². The van der Waals surface area contributed by atoms with Crippen molar-refractivity contribution >= 4 is 17.1 Å². The minimum Gasteiger partial charge on any atom is -0.368 e. The van der Waals surface area contributed by atoms with E-state index in [1.165, 1.54) is 11.3 Å². The Labute approximate surface area is 87.1 Å². The van der Waals surface area contributed by atoms with Crippen LogP contribution in [0.15, 0.2) is 6.20 Å². The van der Waals surface area contributed by atoms with E-state index in [0.717, 1.165) is 22.7 Å². The smallest absolute Gasteiger partial charge is 0.171 e. The third-order valence-electron chi connectivity index (χ3n) is 2.38. The minimum absolute atomic E-state index is 0.0831. The van der Waals surface area contributed by atoms with Crippen LogP contribution in [0.1, 0.15) is 47.5 Å². The molecule has 0 saturated carbocycles. The van der Waals surface area contributed by atoms with Crippen LogP contribution in [0.5, 0.6) is 0 Å². The number of aromatic nitrogens is 1. The first-order valence-corrected chi connectivity index (χ1v) is 5.60. The molecular weight excluding hydrogens is 198 g/mol. The summed E-state index contributed by atoms with van der Waals surface area (Å²) in [5, 5.41) is 0.944. The second-order valence-electron chi connectivity index (χ2n) is 3.63. The first-order chi connectivity index (χ1) is 6.66. The molecule has 1 fully saturated rings. The van der Waals surface area contributed by atoms with Crippen molar-refractivity contribution < 1.29 is 9.53 Å². The largest absolute Gasteiger partial charge is 0.368 e. The van der Waals surface area contributed by atoms with E-state index in [1.54, 1.807) is 13.1 Å². The lowest BCUT2D eigenvalue weighted by Gasteiger charge is -2.06. The number of rotatable bonds is 2. The van der Waals surface area contributed by atoms with Gasteiger partial charge in [0.1, 0.15) is 11.1 Å². The van der Waals surface area contributed by atoms with Gasteiger partial charge < -0.3 is 4.74 Å². The molecule has 0 radical (unpaired) electrons. The van der Waals surface area contributed by atoms with Crippen molar-refractivity contribution in [2.24, 2.45) is 0 Å². The molecular formula is C10H13NO2S. The maximum Gasteiger partial charge on any atom is 0.171 e. The van der Waals surface area contributed by atoms with Crippen LogP contribution in [0.25, 0.3) is 0 Å². The number of hydrogen-bond acceptors (Lipinski definition) is 4. The predicted molar refractivity (Wildman–Crippen MR) is 54.6 cm³/mol. The van der Waals surface area contributed by atoms with Crippen LogP contribution in [0.4, 0.5) is 0 Å². The first-order valence-electron chi connectivity index (χ1n) is 4.79. The molecule has 3 nitrogen and oxygen atoms in total. The maximum absolute atomic E-state index is 11.1. The number of carbonyl (C=O) groups is 1. The number of ketones is 1. The standard InChI is InChI=1S/C10H13NO2S/c1-6-3-4-8(13-6)10-11-5-9(14-10)7(2)12/h5-6,8H,3-4H2,1-2H3. The van der Waals surface area contributed by atoms with Gasteiger partial charge in [-0.05, 0) is 19.8 Å². The minimum atomic E-state index is 0.0831. The molecule has 1 aliphatic rings. The normalized spacial score (nSPS) is 26.7. The van der Waals surface area contributed by atoms with E-state index < -0.39 is 0 Å². The van der Waals surface area contributed by atoms with Crippen molar-refractivity contribution in [3.8, 4) is 0 Å². The van der Waals surface area contributed by atoms with E-state index in [-0.39, 0.29) is 11.9 Å². The Hall–Kier alpha value is -0.740. The summed E-state index contributed by atoms with van der Waals surface area (Å²) in [7, 11) is 0. The topological polar surface area (TPSA) is 39.2 Å². The average molecular weight is 211 g/mol. The lowest BCUT2D eigenvalue weighted by Crippen LogP contribution is -2.00. The van der Waals surface area contributed by atoms with Crippen molar-refractivity contribution in [3.63, 3.8) is 0 Å². The Morgan fingerprint density at radius 2 is 2.43 bits per heavy atom. The lowest BCUT2D eigenvalue weighted by molar-refractivity contribution is 0.0554. The molecule has 1 aromatic heterocycles. The number of nitrogens with zero attached hydrogens (tertiary/aromatic N) is 1. The van der Waals surface area contributed by atoms with E-state index in [1.807, 2.05) is 0 Å². The molecule has 76 valence electrons. The Bertz CT molecular complexity index is 348. The third-order valence-corrected chi connectivity index (χ3v) is 3.57. The summed E-state index contributed by atoms with van der Waals surface area (Å²) in [6.45, 7) is 3.63. The molecule has 0 spiro atoms. The molecule has 14 heavy (non-hydrogen) atoms. The van der Waals surface area contributed by atoms with Crippen LogP contribution in [-0.4, -0.2) is 16.9 Å². The molecule has 0 bridgehead atoms. The maximum atomic E-state index is 11.1. The summed E-state index contributed by atoms with van der Waals surface area (Å²) in [4.78, 5) is 16.0. The highest BCUT2D eigenvalue weighted by Gasteiger charge is 2.26. The number of Topliss-reactive ketones (excluding diaryl/α,β-unsaturated/α-hetero) is 1. The van der Waals surface area contributed by atoms with Gasteiger partial charge in [0.15, 0.2) is 5.78 Å². The molecule has 2 unspecified atom stereocenters. The second kappa shape index (κ2) is 3.79. The Morgan fingerprint density at radius 3 is 2.93 bits per heavy atom. The molecule has 0 aromatic carbocycles. The van der Waals surface area contributed by atoms with E-state index in [0.29, 0.717) is 6.10 Å². The van der Waals surface area contributed by atoms with E-state index >= 15 is 0 Å². The Kier molecular flexibility index (Phi) is 2.65. The van der Waals surface area contributed by atoms with Crippen LogP contribution in [0, 0.1) is 0 Å². The summed E-state index contributed by atoms with van der Waals surface area (Å²) in [6.07, 6.45) is 4.19. The van der Waals surface area contributed by atoms with Gasteiger partial charge in [-0.1, -0.05) is 0 Å². The van der Waals surface area contributed by atoms with Gasteiger partial charge >= 0.3 is 0 Å². The van der Waals surface area contributed by atoms with Gasteiger partial charge in [-0.2, -0.15) is 0 Å². The summed E-state index contributed by atoms with van der Waals surface area (Å²) < 4.78 is 5.68. The van der Waals surface area contributed by atoms with Gasteiger partial charge in [-0.15, -0.1) is 11.3 Å². The zero-order valence-electron chi connectivity index (χ0n) is 8.32. The fourth-order valence-electron chi connectivity index (χ4n) is 1.58. The SMILES string of the molecule is CC(=O)c1cnc(C2CCC(C)O2)s1.